The van der Waals surface area contributed by atoms with Gasteiger partial charge in [-0.2, -0.15) is 0 Å². The van der Waals surface area contributed by atoms with Gasteiger partial charge in [-0.15, -0.1) is 11.3 Å². The van der Waals surface area contributed by atoms with Gasteiger partial charge in [-0.1, -0.05) is 67.8 Å². The topological polar surface area (TPSA) is 85.2 Å². The Morgan fingerprint density at radius 1 is 1.31 bits per heavy atom. The summed E-state index contributed by atoms with van der Waals surface area (Å²) in [5.41, 5.74) is 2.52. The van der Waals surface area contributed by atoms with Crippen molar-refractivity contribution in [1.82, 2.24) is 10.3 Å². The van der Waals surface area contributed by atoms with Crippen LogP contribution in [-0.4, -0.2) is 37.0 Å². The van der Waals surface area contributed by atoms with Crippen LogP contribution in [0, 0.1) is 6.92 Å². The summed E-state index contributed by atoms with van der Waals surface area (Å²) in [4.78, 5) is 26.3. The molecule has 0 saturated carbocycles. The average molecular weight is 441 g/mol. The van der Waals surface area contributed by atoms with Gasteiger partial charge in [-0.05, 0) is 12.5 Å². The van der Waals surface area contributed by atoms with Gasteiger partial charge in [-0.3, -0.25) is 4.79 Å². The molecule has 1 aromatic heterocycles. The summed E-state index contributed by atoms with van der Waals surface area (Å²) < 4.78 is 0.577. The number of hydrogen-bond acceptors (Lipinski definition) is 7. The summed E-state index contributed by atoms with van der Waals surface area (Å²) in [5, 5.41) is 10.9. The van der Waals surface area contributed by atoms with Gasteiger partial charge in [0.1, 0.15) is 29.3 Å². The van der Waals surface area contributed by atoms with Crippen molar-refractivity contribution in [1.29, 1.82) is 0 Å². The molecule has 0 aliphatic rings. The Labute approximate surface area is 181 Å². The number of carbonyl (C=O) groups is 1. The lowest BCUT2D eigenvalue weighted by Crippen LogP contribution is -2.29. The number of amides is 1. The second-order valence-corrected chi connectivity index (χ2v) is 6.51. The number of aromatic nitrogens is 1. The molecule has 9 heteroatoms. The third-order valence-electron chi connectivity index (χ3n) is 3.23. The minimum atomic E-state index is -0.352. The van der Waals surface area contributed by atoms with Gasteiger partial charge in [0, 0.05) is 18.2 Å². The van der Waals surface area contributed by atoms with E-state index in [-0.39, 0.29) is 18.2 Å². The lowest BCUT2D eigenvalue weighted by Gasteiger charge is -2.12. The van der Waals surface area contributed by atoms with Crippen LogP contribution in [-0.2, 0) is 21.1 Å². The SMILES string of the molecule is CC.CC.CNC(=O)/C(=N/OC)c1cccc(C)c1CO/N=C/c1ncc(Cl)s1. The quantitative estimate of drug-likeness (QED) is 0.494. The maximum absolute atomic E-state index is 12.1. The molecule has 0 fully saturated rings. The van der Waals surface area contributed by atoms with E-state index < -0.39 is 0 Å². The minimum absolute atomic E-state index is 0.164. The molecule has 0 bridgehead atoms. The van der Waals surface area contributed by atoms with Crippen LogP contribution in [0.3, 0.4) is 0 Å². The molecule has 0 saturated heterocycles. The van der Waals surface area contributed by atoms with Crippen molar-refractivity contribution in [2.45, 2.75) is 41.2 Å². The molecule has 0 unspecified atom stereocenters. The van der Waals surface area contributed by atoms with Crippen LogP contribution in [0.4, 0.5) is 0 Å². The molecule has 1 N–H and O–H groups in total. The van der Waals surface area contributed by atoms with E-state index in [0.717, 1.165) is 11.1 Å². The highest BCUT2D eigenvalue weighted by molar-refractivity contribution is 7.17. The number of nitrogens with zero attached hydrogens (tertiary/aromatic N) is 3. The fourth-order valence-corrected chi connectivity index (χ4v) is 2.84. The fraction of sp³-hybridized carbons (Fsp3) is 0.400. The van der Waals surface area contributed by atoms with Crippen molar-refractivity contribution < 1.29 is 14.5 Å². The Kier molecular flexibility index (Phi) is 14.2. The van der Waals surface area contributed by atoms with Crippen molar-refractivity contribution in [2.75, 3.05) is 14.2 Å². The van der Waals surface area contributed by atoms with Crippen molar-refractivity contribution in [2.24, 2.45) is 10.3 Å². The van der Waals surface area contributed by atoms with Gasteiger partial charge in [0.25, 0.3) is 5.91 Å². The van der Waals surface area contributed by atoms with Crippen LogP contribution in [0.25, 0.3) is 0 Å². The number of hydrogen-bond donors (Lipinski definition) is 1. The predicted octanol–water partition coefficient (Wildman–Crippen LogP) is 4.80. The molecule has 1 amide bonds. The summed E-state index contributed by atoms with van der Waals surface area (Å²) >= 11 is 7.10. The van der Waals surface area contributed by atoms with E-state index in [1.54, 1.807) is 12.3 Å². The van der Waals surface area contributed by atoms with Crippen molar-refractivity contribution >= 4 is 40.8 Å². The first kappa shape index (κ1) is 26.6. The molecule has 160 valence electrons. The Morgan fingerprint density at radius 2 is 2.00 bits per heavy atom. The Hall–Kier alpha value is -2.45. The Bertz CT molecular complexity index is 807. The summed E-state index contributed by atoms with van der Waals surface area (Å²) in [7, 11) is 2.92. The maximum Gasteiger partial charge on any atom is 0.273 e. The number of thiazole rings is 1. The van der Waals surface area contributed by atoms with Crippen LogP contribution in [0.15, 0.2) is 34.7 Å². The number of nitrogens with one attached hydrogen (secondary N) is 1. The summed E-state index contributed by atoms with van der Waals surface area (Å²) in [6.45, 7) is 10.1. The summed E-state index contributed by atoms with van der Waals surface area (Å²) in [6.07, 6.45) is 3.03. The first-order chi connectivity index (χ1) is 14.1. The number of halogens is 1. The molecule has 0 radical (unpaired) electrons. The summed E-state index contributed by atoms with van der Waals surface area (Å²) in [5.74, 6) is -0.352. The molecule has 2 rings (SSSR count). The lowest BCUT2D eigenvalue weighted by molar-refractivity contribution is -0.114. The van der Waals surface area contributed by atoms with Crippen molar-refractivity contribution in [3.63, 3.8) is 0 Å². The highest BCUT2D eigenvalue weighted by atomic mass is 35.5. The van der Waals surface area contributed by atoms with Crippen LogP contribution in [0.5, 0.6) is 0 Å². The van der Waals surface area contributed by atoms with Crippen LogP contribution in [0.1, 0.15) is 49.4 Å². The molecule has 1 heterocycles. The Morgan fingerprint density at radius 3 is 2.55 bits per heavy atom. The molecule has 7 nitrogen and oxygen atoms in total. The molecule has 0 spiro atoms. The van der Waals surface area contributed by atoms with Crippen molar-refractivity contribution in [3.8, 4) is 0 Å². The van der Waals surface area contributed by atoms with E-state index in [1.807, 2.05) is 46.8 Å². The molecular weight excluding hydrogens is 412 g/mol. The zero-order valence-electron chi connectivity index (χ0n) is 17.9. The second-order valence-electron chi connectivity index (χ2n) is 4.81. The van der Waals surface area contributed by atoms with Gasteiger partial charge in [-0.25, -0.2) is 4.98 Å². The minimum Gasteiger partial charge on any atom is -0.398 e. The number of oxime groups is 2. The smallest absolute Gasteiger partial charge is 0.273 e. The molecule has 0 aliphatic heterocycles. The zero-order valence-corrected chi connectivity index (χ0v) is 19.5. The first-order valence-corrected chi connectivity index (χ1v) is 10.4. The number of rotatable bonds is 7. The van der Waals surface area contributed by atoms with E-state index in [4.69, 9.17) is 21.3 Å². The zero-order chi connectivity index (χ0) is 22.2. The highest BCUT2D eigenvalue weighted by Gasteiger charge is 2.19. The monoisotopic (exact) mass is 440 g/mol. The van der Waals surface area contributed by atoms with Gasteiger partial charge < -0.3 is 15.0 Å². The van der Waals surface area contributed by atoms with E-state index >= 15 is 0 Å². The molecule has 1 aromatic carbocycles. The lowest BCUT2D eigenvalue weighted by atomic mass is 9.98. The molecule has 2 aromatic rings. The summed E-state index contributed by atoms with van der Waals surface area (Å²) in [6, 6.07) is 5.53. The van der Waals surface area contributed by atoms with E-state index in [1.165, 1.54) is 31.7 Å². The van der Waals surface area contributed by atoms with Gasteiger partial charge in [0.05, 0.1) is 6.20 Å². The van der Waals surface area contributed by atoms with Crippen molar-refractivity contribution in [3.05, 3.63) is 50.4 Å². The largest absolute Gasteiger partial charge is 0.398 e. The highest BCUT2D eigenvalue weighted by Crippen LogP contribution is 2.18. The van der Waals surface area contributed by atoms with E-state index in [9.17, 15) is 4.79 Å². The second kappa shape index (κ2) is 15.5. The molecule has 0 aliphatic carbocycles. The molecule has 0 atom stereocenters. The van der Waals surface area contributed by atoms with Gasteiger partial charge >= 0.3 is 0 Å². The van der Waals surface area contributed by atoms with Gasteiger partial charge in [0.2, 0.25) is 0 Å². The first-order valence-electron chi connectivity index (χ1n) is 9.25. The number of likely N-dealkylation sites (N-methyl/N-ethyl adjacent to an activating group) is 1. The third kappa shape index (κ3) is 8.62. The fourth-order valence-electron chi connectivity index (χ4n) is 2.05. The number of carbonyl (C=O) groups excluding carboxylic acids is 1. The van der Waals surface area contributed by atoms with Crippen LogP contribution in [0.2, 0.25) is 4.34 Å². The normalized spacial score (nSPS) is 10.4. The average Bonchev–Trinajstić information content (AvgIpc) is 3.17. The van der Waals surface area contributed by atoms with E-state index in [2.05, 4.69) is 20.6 Å². The van der Waals surface area contributed by atoms with Crippen LogP contribution < -0.4 is 5.32 Å². The third-order valence-corrected chi connectivity index (χ3v) is 4.28. The standard InChI is InChI=1S/C16H17ClN4O3S.2C2H6/c1-10-5-4-6-11(15(21-23-3)16(22)18-2)12(10)9-24-20-8-14-19-7-13(17)25-14;2*1-2/h4-8H,9H2,1-3H3,(H,18,22);2*1-2H3/b20-8+,21-15+;;. The number of aryl methyl sites for hydroxylation is 1. The number of benzene rings is 1. The Balaban J connectivity index is 0.00000184. The molecular formula is C20H29ClN4O3S. The molecule has 29 heavy (non-hydrogen) atoms. The van der Waals surface area contributed by atoms with Crippen LogP contribution >= 0.6 is 22.9 Å². The van der Waals surface area contributed by atoms with E-state index in [0.29, 0.717) is 14.9 Å². The maximum atomic E-state index is 12.1. The predicted molar refractivity (Wildman–Crippen MR) is 121 cm³/mol. The van der Waals surface area contributed by atoms with Gasteiger partial charge in [0.15, 0.2) is 5.71 Å².